The second kappa shape index (κ2) is 4.66. The smallest absolute Gasteiger partial charge is 0.261 e. The number of nitrogens with zero attached hydrogens (tertiary/aromatic N) is 1. The van der Waals surface area contributed by atoms with Gasteiger partial charge in [0.15, 0.2) is 0 Å². The SMILES string of the molecule is COc1ccc2c(c1)C(=O)N(C1CCCNC1)C2=O. The van der Waals surface area contributed by atoms with Gasteiger partial charge in [-0.15, -0.1) is 0 Å². The minimum absolute atomic E-state index is 0.0351. The van der Waals surface area contributed by atoms with E-state index in [0.717, 1.165) is 19.4 Å². The maximum Gasteiger partial charge on any atom is 0.261 e. The third kappa shape index (κ3) is 1.90. The van der Waals surface area contributed by atoms with Crippen LogP contribution in [-0.2, 0) is 0 Å². The zero-order valence-electron chi connectivity index (χ0n) is 10.8. The highest BCUT2D eigenvalue weighted by Gasteiger charge is 2.40. The van der Waals surface area contributed by atoms with E-state index >= 15 is 0 Å². The number of imide groups is 1. The summed E-state index contributed by atoms with van der Waals surface area (Å²) in [5.41, 5.74) is 0.936. The molecule has 0 aliphatic carbocycles. The molecule has 19 heavy (non-hydrogen) atoms. The molecule has 2 aliphatic rings. The van der Waals surface area contributed by atoms with Gasteiger partial charge in [0.2, 0.25) is 0 Å². The number of hydrogen-bond acceptors (Lipinski definition) is 4. The quantitative estimate of drug-likeness (QED) is 0.807. The molecule has 3 rings (SSSR count). The highest BCUT2D eigenvalue weighted by Crippen LogP contribution is 2.29. The third-order valence-electron chi connectivity index (χ3n) is 3.76. The van der Waals surface area contributed by atoms with Crippen LogP contribution in [-0.4, -0.2) is 43.0 Å². The summed E-state index contributed by atoms with van der Waals surface area (Å²) in [6.07, 6.45) is 1.86. The van der Waals surface area contributed by atoms with Gasteiger partial charge in [0.25, 0.3) is 11.8 Å². The number of benzene rings is 1. The molecule has 5 heteroatoms. The molecule has 100 valence electrons. The van der Waals surface area contributed by atoms with Gasteiger partial charge in [-0.2, -0.15) is 0 Å². The van der Waals surface area contributed by atoms with Gasteiger partial charge in [0.05, 0.1) is 24.3 Å². The Bertz CT molecular complexity index is 535. The number of rotatable bonds is 2. The maximum atomic E-state index is 12.4. The first-order valence-corrected chi connectivity index (χ1v) is 6.49. The summed E-state index contributed by atoms with van der Waals surface area (Å²) in [7, 11) is 1.55. The summed E-state index contributed by atoms with van der Waals surface area (Å²) in [5.74, 6) is 0.215. The van der Waals surface area contributed by atoms with Crippen LogP contribution in [0.1, 0.15) is 33.6 Å². The monoisotopic (exact) mass is 260 g/mol. The number of nitrogens with one attached hydrogen (secondary N) is 1. The topological polar surface area (TPSA) is 58.6 Å². The van der Waals surface area contributed by atoms with Crippen LogP contribution in [0.5, 0.6) is 5.75 Å². The maximum absolute atomic E-state index is 12.4. The average molecular weight is 260 g/mol. The summed E-state index contributed by atoms with van der Waals surface area (Å²) < 4.78 is 5.11. The van der Waals surface area contributed by atoms with Crippen molar-refractivity contribution in [1.29, 1.82) is 0 Å². The lowest BCUT2D eigenvalue weighted by atomic mass is 10.1. The van der Waals surface area contributed by atoms with Crippen molar-refractivity contribution in [1.82, 2.24) is 10.2 Å². The van der Waals surface area contributed by atoms with E-state index in [9.17, 15) is 9.59 Å². The number of amides is 2. The van der Waals surface area contributed by atoms with Crippen molar-refractivity contribution in [2.75, 3.05) is 20.2 Å². The summed E-state index contributed by atoms with van der Waals surface area (Å²) in [5, 5.41) is 3.23. The Morgan fingerprint density at radius 2 is 2.05 bits per heavy atom. The molecular weight excluding hydrogens is 244 g/mol. The summed E-state index contributed by atoms with van der Waals surface area (Å²) in [6.45, 7) is 1.64. The Kier molecular flexibility index (Phi) is 2.98. The first-order valence-electron chi connectivity index (χ1n) is 6.49. The first-order chi connectivity index (χ1) is 9.22. The lowest BCUT2D eigenvalue weighted by molar-refractivity contribution is 0.0561. The average Bonchev–Trinajstić information content (AvgIpc) is 2.71. The molecule has 0 radical (unpaired) electrons. The number of piperidine rings is 1. The minimum Gasteiger partial charge on any atom is -0.497 e. The molecule has 2 heterocycles. The van der Waals surface area contributed by atoms with Crippen LogP contribution >= 0.6 is 0 Å². The van der Waals surface area contributed by atoms with Gasteiger partial charge in [-0.05, 0) is 37.6 Å². The Labute approximate surface area is 111 Å². The van der Waals surface area contributed by atoms with Crippen LogP contribution in [0.3, 0.4) is 0 Å². The van der Waals surface area contributed by atoms with Crippen molar-refractivity contribution in [3.63, 3.8) is 0 Å². The molecule has 1 aromatic rings. The second-order valence-electron chi connectivity index (χ2n) is 4.89. The fraction of sp³-hybridized carbons (Fsp3) is 0.429. The van der Waals surface area contributed by atoms with Crippen LogP contribution in [0.15, 0.2) is 18.2 Å². The number of carbonyl (C=O) groups excluding carboxylic acids is 2. The van der Waals surface area contributed by atoms with Gasteiger partial charge in [-0.25, -0.2) is 0 Å². The number of ether oxygens (including phenoxy) is 1. The third-order valence-corrected chi connectivity index (χ3v) is 3.76. The Balaban J connectivity index is 1.94. The van der Waals surface area contributed by atoms with Crippen LogP contribution in [0.2, 0.25) is 0 Å². The molecule has 1 atom stereocenters. The summed E-state index contributed by atoms with van der Waals surface area (Å²) in [4.78, 5) is 26.1. The van der Waals surface area contributed by atoms with E-state index in [1.165, 1.54) is 4.90 Å². The fourth-order valence-electron chi connectivity index (χ4n) is 2.75. The molecular formula is C14H16N2O3. The molecule has 0 spiro atoms. The molecule has 1 aromatic carbocycles. The second-order valence-corrected chi connectivity index (χ2v) is 4.89. The molecule has 1 fully saturated rings. The molecule has 1 saturated heterocycles. The summed E-state index contributed by atoms with van der Waals surface area (Å²) >= 11 is 0. The number of carbonyl (C=O) groups is 2. The highest BCUT2D eigenvalue weighted by molar-refractivity contribution is 6.21. The Hall–Kier alpha value is -1.88. The number of fused-ring (bicyclic) bond motifs is 1. The van der Waals surface area contributed by atoms with Crippen molar-refractivity contribution in [3.05, 3.63) is 29.3 Å². The predicted molar refractivity (Wildman–Crippen MR) is 69.4 cm³/mol. The lowest BCUT2D eigenvalue weighted by Crippen LogP contribution is -2.48. The fourth-order valence-corrected chi connectivity index (χ4v) is 2.75. The van der Waals surface area contributed by atoms with E-state index < -0.39 is 0 Å². The van der Waals surface area contributed by atoms with E-state index in [1.54, 1.807) is 25.3 Å². The zero-order valence-corrected chi connectivity index (χ0v) is 10.8. The normalized spacial score (nSPS) is 22.6. The largest absolute Gasteiger partial charge is 0.497 e. The standard InChI is InChI=1S/C14H16N2O3/c1-19-10-4-5-11-12(7-10)14(18)16(13(11)17)9-3-2-6-15-8-9/h4-5,7,9,15H,2-3,6,8H2,1H3. The minimum atomic E-state index is -0.201. The lowest BCUT2D eigenvalue weighted by Gasteiger charge is -2.29. The molecule has 2 amide bonds. The molecule has 1 N–H and O–H groups in total. The highest BCUT2D eigenvalue weighted by atomic mass is 16.5. The van der Waals surface area contributed by atoms with Gasteiger partial charge < -0.3 is 10.1 Å². The van der Waals surface area contributed by atoms with Crippen molar-refractivity contribution in [2.45, 2.75) is 18.9 Å². The van der Waals surface area contributed by atoms with Crippen LogP contribution in [0.4, 0.5) is 0 Å². The van der Waals surface area contributed by atoms with Crippen molar-refractivity contribution in [3.8, 4) is 5.75 Å². The van der Waals surface area contributed by atoms with Crippen molar-refractivity contribution < 1.29 is 14.3 Å². The van der Waals surface area contributed by atoms with Gasteiger partial charge in [-0.1, -0.05) is 0 Å². The zero-order chi connectivity index (χ0) is 13.4. The van der Waals surface area contributed by atoms with E-state index in [2.05, 4.69) is 5.32 Å². The molecule has 2 aliphatic heterocycles. The molecule has 0 saturated carbocycles. The number of hydrogen-bond donors (Lipinski definition) is 1. The van der Waals surface area contributed by atoms with E-state index in [0.29, 0.717) is 23.4 Å². The summed E-state index contributed by atoms with van der Waals surface area (Å²) in [6, 6.07) is 5.00. The molecule has 0 aromatic heterocycles. The Morgan fingerprint density at radius 1 is 1.26 bits per heavy atom. The van der Waals surface area contributed by atoms with Crippen molar-refractivity contribution in [2.24, 2.45) is 0 Å². The van der Waals surface area contributed by atoms with E-state index in [1.807, 2.05) is 0 Å². The predicted octanol–water partition coefficient (Wildman–Crippen LogP) is 1.04. The Morgan fingerprint density at radius 3 is 2.74 bits per heavy atom. The van der Waals surface area contributed by atoms with Crippen LogP contribution in [0.25, 0.3) is 0 Å². The van der Waals surface area contributed by atoms with Gasteiger partial charge in [-0.3, -0.25) is 14.5 Å². The van der Waals surface area contributed by atoms with Gasteiger partial charge in [0.1, 0.15) is 5.75 Å². The van der Waals surface area contributed by atoms with Gasteiger partial charge >= 0.3 is 0 Å². The van der Waals surface area contributed by atoms with Gasteiger partial charge in [0, 0.05) is 6.54 Å². The molecule has 5 nitrogen and oxygen atoms in total. The van der Waals surface area contributed by atoms with Crippen LogP contribution in [0, 0.1) is 0 Å². The number of methoxy groups -OCH3 is 1. The molecule has 0 bridgehead atoms. The molecule has 1 unspecified atom stereocenters. The van der Waals surface area contributed by atoms with Crippen molar-refractivity contribution >= 4 is 11.8 Å². The van der Waals surface area contributed by atoms with E-state index in [4.69, 9.17) is 4.74 Å². The van der Waals surface area contributed by atoms with Crippen LogP contribution < -0.4 is 10.1 Å². The first kappa shape index (κ1) is 12.2. The van der Waals surface area contributed by atoms with E-state index in [-0.39, 0.29) is 17.9 Å².